The summed E-state index contributed by atoms with van der Waals surface area (Å²) in [6, 6.07) is 4.71. The molecule has 1 atom stereocenters. The number of hydrogen-bond acceptors (Lipinski definition) is 7. The monoisotopic (exact) mass is 392 g/mol. The number of nitro groups is 1. The predicted molar refractivity (Wildman–Crippen MR) is 105 cm³/mol. The van der Waals surface area contributed by atoms with Crippen molar-refractivity contribution >= 4 is 38.5 Å². The lowest BCUT2D eigenvalue weighted by Crippen LogP contribution is -2.48. The summed E-state index contributed by atoms with van der Waals surface area (Å²) in [5.74, 6) is 0. The Balaban J connectivity index is 1.67. The van der Waals surface area contributed by atoms with Gasteiger partial charge in [-0.1, -0.05) is 11.3 Å². The molecule has 0 saturated carbocycles. The minimum atomic E-state index is -0.520. The Morgan fingerprint density at radius 3 is 2.93 bits per heavy atom. The van der Waals surface area contributed by atoms with Gasteiger partial charge in [0.2, 0.25) is 0 Å². The van der Waals surface area contributed by atoms with E-state index in [9.17, 15) is 14.9 Å². The van der Waals surface area contributed by atoms with E-state index >= 15 is 0 Å². The first-order chi connectivity index (χ1) is 12.7. The number of ether oxygens (including phenoxy) is 1. The highest BCUT2D eigenvalue weighted by molar-refractivity contribution is 7.22. The quantitative estimate of drug-likeness (QED) is 0.611. The van der Waals surface area contributed by atoms with E-state index in [1.165, 1.54) is 23.5 Å². The number of non-ortho nitro benzene ring substituents is 1. The molecular weight excluding hydrogens is 368 g/mol. The minimum absolute atomic E-state index is 0.0303. The normalized spacial score (nSPS) is 17.7. The molecule has 146 valence electrons. The smallest absolute Gasteiger partial charge is 0.410 e. The second kappa shape index (κ2) is 7.67. The average Bonchev–Trinajstić information content (AvgIpc) is 3.00. The summed E-state index contributed by atoms with van der Waals surface area (Å²) in [4.78, 5) is 29.2. The lowest BCUT2D eigenvalue weighted by Gasteiger charge is -2.36. The van der Waals surface area contributed by atoms with E-state index < -0.39 is 10.5 Å². The number of carbonyl (C=O) groups excluding carboxylic acids is 1. The van der Waals surface area contributed by atoms with Gasteiger partial charge in [-0.2, -0.15) is 0 Å². The summed E-state index contributed by atoms with van der Waals surface area (Å²) in [7, 11) is 0. The number of fused-ring (bicyclic) bond motifs is 1. The molecule has 0 aliphatic carbocycles. The van der Waals surface area contributed by atoms with Gasteiger partial charge < -0.3 is 15.0 Å². The third kappa shape index (κ3) is 4.85. The van der Waals surface area contributed by atoms with E-state index in [2.05, 4.69) is 10.3 Å². The number of rotatable bonds is 4. The Morgan fingerprint density at radius 2 is 2.22 bits per heavy atom. The standard InChI is InChI=1S/C18H24N4O4S/c1-18(2,3)26-17(23)21-9-5-4-6-13(21)11-19-16-20-14-10-12(22(24)25)7-8-15(14)27-16/h7-8,10,13H,4-6,9,11H2,1-3H3,(H,19,20)/t13-/m0/s1. The number of amides is 1. The van der Waals surface area contributed by atoms with Crippen molar-refractivity contribution in [2.24, 2.45) is 0 Å². The van der Waals surface area contributed by atoms with Crippen LogP contribution in [0.4, 0.5) is 15.6 Å². The zero-order valence-electron chi connectivity index (χ0n) is 15.7. The summed E-state index contributed by atoms with van der Waals surface area (Å²) >= 11 is 1.45. The number of thiazole rings is 1. The summed E-state index contributed by atoms with van der Waals surface area (Å²) < 4.78 is 6.41. The molecule has 1 saturated heterocycles. The number of piperidine rings is 1. The second-order valence-corrected chi connectivity index (χ2v) is 8.66. The van der Waals surface area contributed by atoms with Crippen molar-refractivity contribution in [1.29, 1.82) is 0 Å². The molecule has 1 aromatic heterocycles. The molecule has 0 spiro atoms. The summed E-state index contributed by atoms with van der Waals surface area (Å²) in [5.41, 5.74) is 0.112. The highest BCUT2D eigenvalue weighted by atomic mass is 32.1. The first-order valence-corrected chi connectivity index (χ1v) is 9.83. The third-order valence-corrected chi connectivity index (χ3v) is 5.32. The SMILES string of the molecule is CC(C)(C)OC(=O)N1CCCC[C@H]1CNc1nc2cc([N+](=O)[O-])ccc2s1. The van der Waals surface area contributed by atoms with E-state index in [0.717, 1.165) is 24.0 Å². The van der Waals surface area contributed by atoms with Gasteiger partial charge in [0, 0.05) is 25.2 Å². The number of likely N-dealkylation sites (tertiary alicyclic amines) is 1. The molecule has 1 aliphatic rings. The molecule has 27 heavy (non-hydrogen) atoms. The maximum atomic E-state index is 12.5. The van der Waals surface area contributed by atoms with Crippen molar-refractivity contribution in [3.63, 3.8) is 0 Å². The van der Waals surface area contributed by atoms with Gasteiger partial charge >= 0.3 is 6.09 Å². The Hall–Kier alpha value is -2.42. The molecule has 9 heteroatoms. The van der Waals surface area contributed by atoms with Crippen LogP contribution in [-0.2, 0) is 4.74 Å². The number of benzene rings is 1. The van der Waals surface area contributed by atoms with Crippen molar-refractivity contribution < 1.29 is 14.5 Å². The van der Waals surface area contributed by atoms with Gasteiger partial charge in [0.1, 0.15) is 5.60 Å². The largest absolute Gasteiger partial charge is 0.444 e. The molecule has 1 aromatic carbocycles. The van der Waals surface area contributed by atoms with Gasteiger partial charge in [-0.25, -0.2) is 9.78 Å². The molecule has 0 unspecified atom stereocenters. The van der Waals surface area contributed by atoms with Crippen LogP contribution in [0.2, 0.25) is 0 Å². The van der Waals surface area contributed by atoms with E-state index in [-0.39, 0.29) is 17.8 Å². The molecule has 0 bridgehead atoms. The zero-order valence-corrected chi connectivity index (χ0v) is 16.5. The number of nitrogens with one attached hydrogen (secondary N) is 1. The van der Waals surface area contributed by atoms with Gasteiger partial charge in [-0.15, -0.1) is 0 Å². The van der Waals surface area contributed by atoms with Gasteiger partial charge in [0.05, 0.1) is 21.2 Å². The number of anilines is 1. The number of hydrogen-bond donors (Lipinski definition) is 1. The van der Waals surface area contributed by atoms with Crippen molar-refractivity contribution in [3.05, 3.63) is 28.3 Å². The van der Waals surface area contributed by atoms with Crippen molar-refractivity contribution in [3.8, 4) is 0 Å². The van der Waals surface area contributed by atoms with Crippen molar-refractivity contribution in [2.45, 2.75) is 51.7 Å². The summed E-state index contributed by atoms with van der Waals surface area (Å²) in [5, 5.41) is 14.9. The molecule has 2 aromatic rings. The Morgan fingerprint density at radius 1 is 1.44 bits per heavy atom. The average molecular weight is 392 g/mol. The van der Waals surface area contributed by atoms with Crippen LogP contribution >= 0.6 is 11.3 Å². The third-order valence-electron chi connectivity index (χ3n) is 4.33. The van der Waals surface area contributed by atoms with Gasteiger partial charge in [0.15, 0.2) is 5.13 Å². The fraction of sp³-hybridized carbons (Fsp3) is 0.556. The fourth-order valence-electron chi connectivity index (χ4n) is 3.08. The van der Waals surface area contributed by atoms with Crippen LogP contribution < -0.4 is 5.32 Å². The van der Waals surface area contributed by atoms with Crippen LogP contribution in [0.5, 0.6) is 0 Å². The van der Waals surface area contributed by atoms with Crippen LogP contribution in [-0.4, -0.2) is 45.6 Å². The van der Waals surface area contributed by atoms with Gasteiger partial charge in [-0.05, 0) is 46.1 Å². The van der Waals surface area contributed by atoms with E-state index in [4.69, 9.17) is 4.74 Å². The molecule has 1 amide bonds. The maximum absolute atomic E-state index is 12.5. The highest BCUT2D eigenvalue weighted by Gasteiger charge is 2.30. The predicted octanol–water partition coefficient (Wildman–Crippen LogP) is 4.41. The minimum Gasteiger partial charge on any atom is -0.444 e. The fourth-order valence-corrected chi connectivity index (χ4v) is 3.94. The molecule has 2 heterocycles. The number of nitro benzene ring substituents is 1. The maximum Gasteiger partial charge on any atom is 0.410 e. The van der Waals surface area contributed by atoms with Gasteiger partial charge in [-0.3, -0.25) is 10.1 Å². The lowest BCUT2D eigenvalue weighted by molar-refractivity contribution is -0.384. The van der Waals surface area contributed by atoms with Crippen LogP contribution in [0.1, 0.15) is 40.0 Å². The van der Waals surface area contributed by atoms with Crippen LogP contribution in [0.15, 0.2) is 18.2 Å². The van der Waals surface area contributed by atoms with E-state index in [0.29, 0.717) is 23.7 Å². The van der Waals surface area contributed by atoms with E-state index in [1.807, 2.05) is 20.8 Å². The zero-order chi connectivity index (χ0) is 19.6. The van der Waals surface area contributed by atoms with Crippen LogP contribution in [0.3, 0.4) is 0 Å². The first kappa shape index (κ1) is 19.3. The second-order valence-electron chi connectivity index (χ2n) is 7.63. The molecule has 8 nitrogen and oxygen atoms in total. The summed E-state index contributed by atoms with van der Waals surface area (Å²) in [6.45, 7) is 6.85. The first-order valence-electron chi connectivity index (χ1n) is 9.01. The van der Waals surface area contributed by atoms with Crippen LogP contribution in [0, 0.1) is 10.1 Å². The van der Waals surface area contributed by atoms with E-state index in [1.54, 1.807) is 11.0 Å². The number of nitrogens with zero attached hydrogens (tertiary/aromatic N) is 3. The molecular formula is C18H24N4O4S. The number of aromatic nitrogens is 1. The topological polar surface area (TPSA) is 97.6 Å². The lowest BCUT2D eigenvalue weighted by atomic mass is 10.0. The molecule has 0 radical (unpaired) electrons. The van der Waals surface area contributed by atoms with Crippen LogP contribution in [0.25, 0.3) is 10.2 Å². The van der Waals surface area contributed by atoms with Crippen molar-refractivity contribution in [1.82, 2.24) is 9.88 Å². The molecule has 3 rings (SSSR count). The highest BCUT2D eigenvalue weighted by Crippen LogP contribution is 2.29. The number of carbonyl (C=O) groups is 1. The Kier molecular flexibility index (Phi) is 5.50. The Labute approximate surface area is 161 Å². The summed E-state index contributed by atoms with van der Waals surface area (Å²) in [6.07, 6.45) is 2.66. The molecule has 1 aliphatic heterocycles. The van der Waals surface area contributed by atoms with Crippen molar-refractivity contribution in [2.75, 3.05) is 18.4 Å². The Bertz CT molecular complexity index is 845. The molecule has 1 fully saturated rings. The van der Waals surface area contributed by atoms with Gasteiger partial charge in [0.25, 0.3) is 5.69 Å². The molecule has 1 N–H and O–H groups in total.